The predicted molar refractivity (Wildman–Crippen MR) is 118 cm³/mol. The smallest absolute Gasteiger partial charge is 0.152 e. The standard InChI is InChI=1S/C24H33NO2.ClH/c1-2-3-4-5-9-18-25-19-10-13-24(25)27-23-16-14-22(15-17-23)26-20-21-11-7-6-8-12-21;/h6-8,11-12,14-17,24H,2-5,9-10,13,18-20H2,1H3;1H. The lowest BCUT2D eigenvalue weighted by Crippen LogP contribution is -2.34. The van der Waals surface area contributed by atoms with Crippen LogP contribution < -0.4 is 9.47 Å². The van der Waals surface area contributed by atoms with E-state index in [1.807, 2.05) is 42.5 Å². The highest BCUT2D eigenvalue weighted by Gasteiger charge is 2.25. The van der Waals surface area contributed by atoms with Crippen LogP contribution in [0.25, 0.3) is 0 Å². The van der Waals surface area contributed by atoms with Crippen LogP contribution in [0, 0.1) is 0 Å². The molecule has 0 amide bonds. The Balaban J connectivity index is 0.00000280. The maximum atomic E-state index is 6.25. The summed E-state index contributed by atoms with van der Waals surface area (Å²) in [5, 5.41) is 0. The number of unbranched alkanes of at least 4 members (excludes halogenated alkanes) is 4. The van der Waals surface area contributed by atoms with E-state index in [4.69, 9.17) is 9.47 Å². The summed E-state index contributed by atoms with van der Waals surface area (Å²) < 4.78 is 12.1. The van der Waals surface area contributed by atoms with Crippen molar-refractivity contribution in [1.29, 1.82) is 0 Å². The van der Waals surface area contributed by atoms with Crippen molar-refractivity contribution in [3.05, 3.63) is 60.2 Å². The van der Waals surface area contributed by atoms with Gasteiger partial charge in [0, 0.05) is 13.1 Å². The van der Waals surface area contributed by atoms with Crippen LogP contribution in [-0.4, -0.2) is 24.2 Å². The van der Waals surface area contributed by atoms with Crippen LogP contribution in [-0.2, 0) is 6.61 Å². The van der Waals surface area contributed by atoms with E-state index in [9.17, 15) is 0 Å². The third-order valence-electron chi connectivity index (χ3n) is 5.20. The Morgan fingerprint density at radius 3 is 2.36 bits per heavy atom. The fourth-order valence-electron chi connectivity index (χ4n) is 3.62. The Hall–Kier alpha value is -1.71. The number of hydrogen-bond donors (Lipinski definition) is 0. The van der Waals surface area contributed by atoms with Crippen molar-refractivity contribution in [2.75, 3.05) is 13.1 Å². The molecule has 3 nitrogen and oxygen atoms in total. The molecule has 0 bridgehead atoms. The number of ether oxygens (including phenoxy) is 2. The van der Waals surface area contributed by atoms with Crippen molar-refractivity contribution in [2.24, 2.45) is 0 Å². The van der Waals surface area contributed by atoms with Crippen LogP contribution >= 0.6 is 12.4 Å². The summed E-state index contributed by atoms with van der Waals surface area (Å²) in [4.78, 5) is 2.51. The SMILES string of the molecule is CCCCCCCN1CCCC1Oc1ccc(OCc2ccccc2)cc1.Cl. The van der Waals surface area contributed by atoms with Gasteiger partial charge in [0.1, 0.15) is 18.1 Å². The highest BCUT2D eigenvalue weighted by molar-refractivity contribution is 5.85. The van der Waals surface area contributed by atoms with E-state index < -0.39 is 0 Å². The number of rotatable bonds is 11. The molecular formula is C24H34ClNO2. The van der Waals surface area contributed by atoms with Gasteiger partial charge in [0.2, 0.25) is 0 Å². The second kappa shape index (κ2) is 12.7. The normalized spacial score (nSPS) is 16.5. The zero-order valence-corrected chi connectivity index (χ0v) is 17.8. The van der Waals surface area contributed by atoms with Gasteiger partial charge in [0.15, 0.2) is 6.23 Å². The molecule has 2 aromatic rings. The largest absolute Gasteiger partial charge is 0.489 e. The monoisotopic (exact) mass is 403 g/mol. The Morgan fingerprint density at radius 1 is 0.893 bits per heavy atom. The van der Waals surface area contributed by atoms with E-state index >= 15 is 0 Å². The number of likely N-dealkylation sites (tertiary alicyclic amines) is 1. The van der Waals surface area contributed by atoms with Gasteiger partial charge >= 0.3 is 0 Å². The summed E-state index contributed by atoms with van der Waals surface area (Å²) in [7, 11) is 0. The molecule has 1 atom stereocenters. The zero-order valence-electron chi connectivity index (χ0n) is 17.0. The molecule has 1 saturated heterocycles. The first-order valence-corrected chi connectivity index (χ1v) is 10.5. The lowest BCUT2D eigenvalue weighted by Gasteiger charge is -2.25. The van der Waals surface area contributed by atoms with E-state index in [1.54, 1.807) is 0 Å². The molecule has 1 unspecified atom stereocenters. The Labute approximate surface area is 176 Å². The van der Waals surface area contributed by atoms with E-state index in [0.717, 1.165) is 31.0 Å². The van der Waals surface area contributed by atoms with Crippen molar-refractivity contribution in [3.8, 4) is 11.5 Å². The molecule has 0 saturated carbocycles. The van der Waals surface area contributed by atoms with Gasteiger partial charge < -0.3 is 9.47 Å². The Morgan fingerprint density at radius 2 is 1.61 bits per heavy atom. The van der Waals surface area contributed by atoms with Crippen molar-refractivity contribution >= 4 is 12.4 Å². The van der Waals surface area contributed by atoms with Gasteiger partial charge in [-0.1, -0.05) is 62.9 Å². The van der Waals surface area contributed by atoms with Crippen LogP contribution in [0.2, 0.25) is 0 Å². The molecule has 0 aliphatic carbocycles. The number of halogens is 1. The molecule has 0 radical (unpaired) electrons. The van der Waals surface area contributed by atoms with Crippen LogP contribution in [0.1, 0.15) is 57.4 Å². The molecule has 154 valence electrons. The van der Waals surface area contributed by atoms with Crippen LogP contribution in [0.3, 0.4) is 0 Å². The summed E-state index contributed by atoms with van der Waals surface area (Å²) >= 11 is 0. The van der Waals surface area contributed by atoms with E-state index in [2.05, 4.69) is 24.0 Å². The zero-order chi connectivity index (χ0) is 18.7. The third kappa shape index (κ3) is 7.37. The van der Waals surface area contributed by atoms with Gasteiger partial charge in [-0.05, 0) is 49.1 Å². The van der Waals surface area contributed by atoms with Crippen molar-refractivity contribution in [3.63, 3.8) is 0 Å². The van der Waals surface area contributed by atoms with Crippen LogP contribution in [0.15, 0.2) is 54.6 Å². The van der Waals surface area contributed by atoms with Crippen molar-refractivity contribution < 1.29 is 9.47 Å². The van der Waals surface area contributed by atoms with Gasteiger partial charge in [-0.2, -0.15) is 0 Å². The average Bonchev–Trinajstić information content (AvgIpc) is 3.15. The molecule has 1 aliphatic rings. The predicted octanol–water partition coefficient (Wildman–Crippen LogP) is 6.46. The summed E-state index contributed by atoms with van der Waals surface area (Å²) in [5.74, 6) is 1.82. The topological polar surface area (TPSA) is 21.7 Å². The maximum Gasteiger partial charge on any atom is 0.152 e. The van der Waals surface area contributed by atoms with Crippen molar-refractivity contribution in [1.82, 2.24) is 4.90 Å². The lowest BCUT2D eigenvalue weighted by molar-refractivity contribution is 0.0593. The molecule has 4 heteroatoms. The molecule has 0 aromatic heterocycles. The van der Waals surface area contributed by atoms with Gasteiger partial charge in [-0.3, -0.25) is 4.90 Å². The van der Waals surface area contributed by atoms with Crippen LogP contribution in [0.4, 0.5) is 0 Å². The second-order valence-electron chi connectivity index (χ2n) is 7.41. The number of nitrogens with zero attached hydrogens (tertiary/aromatic N) is 1. The molecule has 28 heavy (non-hydrogen) atoms. The first-order chi connectivity index (χ1) is 13.3. The maximum absolute atomic E-state index is 6.25. The number of benzene rings is 2. The highest BCUT2D eigenvalue weighted by atomic mass is 35.5. The van der Waals surface area contributed by atoms with E-state index in [-0.39, 0.29) is 18.6 Å². The summed E-state index contributed by atoms with van der Waals surface area (Å²) in [6, 6.07) is 18.3. The quantitative estimate of drug-likeness (QED) is 0.402. The third-order valence-corrected chi connectivity index (χ3v) is 5.20. The van der Waals surface area contributed by atoms with Gasteiger partial charge in [0.25, 0.3) is 0 Å². The molecule has 0 spiro atoms. The van der Waals surface area contributed by atoms with Gasteiger partial charge in [-0.25, -0.2) is 0 Å². The first-order valence-electron chi connectivity index (χ1n) is 10.5. The summed E-state index contributed by atoms with van der Waals surface area (Å²) in [5.41, 5.74) is 1.18. The molecule has 3 rings (SSSR count). The fourth-order valence-corrected chi connectivity index (χ4v) is 3.62. The molecule has 2 aromatic carbocycles. The Bertz CT molecular complexity index is 647. The Kier molecular flexibility index (Phi) is 10.2. The summed E-state index contributed by atoms with van der Waals surface area (Å²) in [6.45, 7) is 5.18. The molecule has 1 aliphatic heterocycles. The summed E-state index contributed by atoms with van der Waals surface area (Å²) in [6.07, 6.45) is 9.24. The van der Waals surface area contributed by atoms with E-state index in [1.165, 1.54) is 44.1 Å². The molecule has 1 fully saturated rings. The lowest BCUT2D eigenvalue weighted by atomic mass is 10.1. The number of hydrogen-bond acceptors (Lipinski definition) is 3. The second-order valence-corrected chi connectivity index (χ2v) is 7.41. The molecule has 0 N–H and O–H groups in total. The van der Waals surface area contributed by atoms with Crippen LogP contribution in [0.5, 0.6) is 11.5 Å². The molecule has 1 heterocycles. The van der Waals surface area contributed by atoms with Crippen molar-refractivity contribution in [2.45, 2.75) is 64.7 Å². The van der Waals surface area contributed by atoms with Gasteiger partial charge in [0.05, 0.1) is 0 Å². The van der Waals surface area contributed by atoms with Gasteiger partial charge in [-0.15, -0.1) is 12.4 Å². The highest BCUT2D eigenvalue weighted by Crippen LogP contribution is 2.25. The first kappa shape index (κ1) is 22.6. The minimum absolute atomic E-state index is 0. The minimum atomic E-state index is 0. The fraction of sp³-hybridized carbons (Fsp3) is 0.500. The minimum Gasteiger partial charge on any atom is -0.489 e. The van der Waals surface area contributed by atoms with E-state index in [0.29, 0.717) is 6.61 Å². The molecular weight excluding hydrogens is 370 g/mol. The average molecular weight is 404 g/mol.